The first-order chi connectivity index (χ1) is 8.70. The Balaban J connectivity index is 2.23. The first-order valence-electron chi connectivity index (χ1n) is 5.65. The molecule has 0 aliphatic heterocycles. The first kappa shape index (κ1) is 11.0. The molecule has 0 fully saturated rings. The van der Waals surface area contributed by atoms with E-state index in [0.29, 0.717) is 4.88 Å². The van der Waals surface area contributed by atoms with Crippen molar-refractivity contribution in [3.05, 3.63) is 45.8 Å². The lowest BCUT2D eigenvalue weighted by Crippen LogP contribution is -2.08. The summed E-state index contributed by atoms with van der Waals surface area (Å²) in [7, 11) is 0. The van der Waals surface area contributed by atoms with E-state index in [0.717, 1.165) is 40.0 Å². The number of benzene rings is 1. The van der Waals surface area contributed by atoms with Crippen LogP contribution in [0.2, 0.25) is 0 Å². The summed E-state index contributed by atoms with van der Waals surface area (Å²) >= 11 is 1.42. The monoisotopic (exact) mass is 254 g/mol. The number of nitrogens with zero attached hydrogens (tertiary/aromatic N) is 1. The van der Waals surface area contributed by atoms with Crippen LogP contribution in [0.3, 0.4) is 0 Å². The van der Waals surface area contributed by atoms with Crippen molar-refractivity contribution in [2.45, 2.75) is 12.8 Å². The van der Waals surface area contributed by atoms with Gasteiger partial charge >= 0.3 is 0 Å². The zero-order chi connectivity index (χ0) is 12.7. The summed E-state index contributed by atoms with van der Waals surface area (Å²) in [6.07, 6.45) is 1.71. The quantitative estimate of drug-likeness (QED) is 0.849. The molecule has 18 heavy (non-hydrogen) atoms. The molecular weight excluding hydrogens is 244 g/mol. The molecule has 4 heteroatoms. The Bertz CT molecular complexity index is 694. The van der Waals surface area contributed by atoms with Crippen molar-refractivity contribution in [1.29, 1.82) is 5.26 Å². The van der Waals surface area contributed by atoms with Crippen molar-refractivity contribution in [3.8, 4) is 16.5 Å². The highest BCUT2D eigenvalue weighted by atomic mass is 32.1. The average Bonchev–Trinajstić information content (AvgIpc) is 2.82. The molecule has 0 saturated heterocycles. The van der Waals surface area contributed by atoms with E-state index in [1.54, 1.807) is 0 Å². The van der Waals surface area contributed by atoms with Gasteiger partial charge in [0.15, 0.2) is 0 Å². The van der Waals surface area contributed by atoms with Gasteiger partial charge in [0.1, 0.15) is 0 Å². The Hall–Kier alpha value is -2.12. The third-order valence-electron chi connectivity index (χ3n) is 3.24. The number of primary amides is 1. The molecule has 0 radical (unpaired) electrons. The van der Waals surface area contributed by atoms with E-state index in [1.807, 2.05) is 24.3 Å². The molecule has 88 valence electrons. The Kier molecular flexibility index (Phi) is 2.42. The molecule has 1 aromatic carbocycles. The van der Waals surface area contributed by atoms with E-state index in [2.05, 4.69) is 6.07 Å². The largest absolute Gasteiger partial charge is 0.365 e. The van der Waals surface area contributed by atoms with E-state index in [1.165, 1.54) is 11.3 Å². The van der Waals surface area contributed by atoms with E-state index < -0.39 is 0 Å². The Morgan fingerprint density at radius 1 is 1.39 bits per heavy atom. The van der Waals surface area contributed by atoms with E-state index in [9.17, 15) is 4.79 Å². The minimum atomic E-state index is -0.382. The van der Waals surface area contributed by atoms with Crippen molar-refractivity contribution in [1.82, 2.24) is 0 Å². The van der Waals surface area contributed by atoms with E-state index in [4.69, 9.17) is 11.0 Å². The van der Waals surface area contributed by atoms with Crippen LogP contribution in [-0.2, 0) is 12.8 Å². The maximum absolute atomic E-state index is 11.2. The maximum Gasteiger partial charge on any atom is 0.258 e. The number of hydrogen-bond donors (Lipinski definition) is 1. The summed E-state index contributed by atoms with van der Waals surface area (Å²) in [5.74, 6) is -0.382. The molecule has 0 bridgehead atoms. The molecule has 1 aliphatic rings. The standard InChI is InChI=1S/C14H10N2OS/c15-7-9-2-1-3-11-10(9)5-4-8-6-12(14(16)17)18-13(8)11/h1-3,6H,4-5H2,(H2,16,17). The summed E-state index contributed by atoms with van der Waals surface area (Å²) < 4.78 is 0. The van der Waals surface area contributed by atoms with Gasteiger partial charge in [0, 0.05) is 4.88 Å². The smallest absolute Gasteiger partial charge is 0.258 e. The predicted molar refractivity (Wildman–Crippen MR) is 70.4 cm³/mol. The second-order valence-corrected chi connectivity index (χ2v) is 5.32. The number of fused-ring (bicyclic) bond motifs is 3. The summed E-state index contributed by atoms with van der Waals surface area (Å²) in [5.41, 5.74) is 9.38. The van der Waals surface area contributed by atoms with Crippen LogP contribution in [0.4, 0.5) is 0 Å². The number of hydrogen-bond acceptors (Lipinski definition) is 3. The predicted octanol–water partition coefficient (Wildman–Crippen LogP) is 2.48. The second kappa shape index (κ2) is 3.97. The van der Waals surface area contributed by atoms with Crippen molar-refractivity contribution < 1.29 is 4.79 Å². The summed E-state index contributed by atoms with van der Waals surface area (Å²) in [6.45, 7) is 0. The van der Waals surface area contributed by atoms with Gasteiger partial charge in [-0.25, -0.2) is 0 Å². The molecule has 1 aromatic heterocycles. The van der Waals surface area contributed by atoms with Crippen LogP contribution in [0, 0.1) is 11.3 Å². The molecular formula is C14H10N2OS. The fourth-order valence-corrected chi connectivity index (χ4v) is 3.51. The van der Waals surface area contributed by atoms with Gasteiger partial charge < -0.3 is 5.73 Å². The van der Waals surface area contributed by atoms with Crippen LogP contribution in [0.5, 0.6) is 0 Å². The Morgan fingerprint density at radius 3 is 2.94 bits per heavy atom. The highest BCUT2D eigenvalue weighted by Crippen LogP contribution is 2.40. The van der Waals surface area contributed by atoms with Gasteiger partial charge in [-0.3, -0.25) is 4.79 Å². The van der Waals surface area contributed by atoms with Gasteiger partial charge in [0.2, 0.25) is 0 Å². The fraction of sp³-hybridized carbons (Fsp3) is 0.143. The molecule has 2 N–H and O–H groups in total. The number of aryl methyl sites for hydroxylation is 1. The van der Waals surface area contributed by atoms with Crippen LogP contribution in [0.15, 0.2) is 24.3 Å². The highest BCUT2D eigenvalue weighted by Gasteiger charge is 2.22. The number of carbonyl (C=O) groups excluding carboxylic acids is 1. The molecule has 0 atom stereocenters. The SMILES string of the molecule is N#Cc1cccc2c1CCc1cc(C(N)=O)sc1-2. The molecule has 1 heterocycles. The zero-order valence-electron chi connectivity index (χ0n) is 9.56. The highest BCUT2D eigenvalue weighted by molar-refractivity contribution is 7.17. The molecule has 1 aliphatic carbocycles. The lowest BCUT2D eigenvalue weighted by atomic mass is 9.88. The molecule has 3 rings (SSSR count). The first-order valence-corrected chi connectivity index (χ1v) is 6.47. The Labute approximate surface area is 108 Å². The summed E-state index contributed by atoms with van der Waals surface area (Å²) in [5, 5.41) is 9.11. The lowest BCUT2D eigenvalue weighted by Gasteiger charge is -2.16. The molecule has 0 saturated carbocycles. The van der Waals surface area contributed by atoms with Crippen LogP contribution in [0.25, 0.3) is 10.4 Å². The summed E-state index contributed by atoms with van der Waals surface area (Å²) in [6, 6.07) is 9.84. The van der Waals surface area contributed by atoms with Crippen LogP contribution < -0.4 is 5.73 Å². The van der Waals surface area contributed by atoms with Crippen LogP contribution >= 0.6 is 11.3 Å². The fourth-order valence-electron chi connectivity index (χ4n) is 2.40. The molecule has 0 spiro atoms. The van der Waals surface area contributed by atoms with Gasteiger partial charge in [-0.1, -0.05) is 12.1 Å². The number of thiophene rings is 1. The van der Waals surface area contributed by atoms with Crippen molar-refractivity contribution in [2.75, 3.05) is 0 Å². The zero-order valence-corrected chi connectivity index (χ0v) is 10.4. The van der Waals surface area contributed by atoms with Crippen molar-refractivity contribution >= 4 is 17.2 Å². The van der Waals surface area contributed by atoms with Gasteiger partial charge in [0.05, 0.1) is 16.5 Å². The molecule has 2 aromatic rings. The second-order valence-electron chi connectivity index (χ2n) is 4.27. The van der Waals surface area contributed by atoms with Gasteiger partial charge in [-0.15, -0.1) is 11.3 Å². The topological polar surface area (TPSA) is 66.9 Å². The van der Waals surface area contributed by atoms with E-state index in [-0.39, 0.29) is 5.91 Å². The van der Waals surface area contributed by atoms with Gasteiger partial charge in [-0.05, 0) is 41.7 Å². The summed E-state index contributed by atoms with van der Waals surface area (Å²) in [4.78, 5) is 12.9. The molecule has 1 amide bonds. The third-order valence-corrected chi connectivity index (χ3v) is 4.46. The van der Waals surface area contributed by atoms with Crippen LogP contribution in [0.1, 0.15) is 26.4 Å². The maximum atomic E-state index is 11.2. The van der Waals surface area contributed by atoms with E-state index >= 15 is 0 Å². The lowest BCUT2D eigenvalue weighted by molar-refractivity contribution is 0.100. The van der Waals surface area contributed by atoms with Gasteiger partial charge in [-0.2, -0.15) is 5.26 Å². The third kappa shape index (κ3) is 1.52. The van der Waals surface area contributed by atoms with Crippen molar-refractivity contribution in [3.63, 3.8) is 0 Å². The van der Waals surface area contributed by atoms with Crippen LogP contribution in [-0.4, -0.2) is 5.91 Å². The molecule has 0 unspecified atom stereocenters. The molecule has 3 nitrogen and oxygen atoms in total. The Morgan fingerprint density at radius 2 is 2.22 bits per heavy atom. The number of nitriles is 1. The minimum Gasteiger partial charge on any atom is -0.365 e. The number of amides is 1. The van der Waals surface area contributed by atoms with Crippen molar-refractivity contribution in [2.24, 2.45) is 5.73 Å². The number of nitrogens with two attached hydrogens (primary N) is 1. The number of rotatable bonds is 1. The normalized spacial score (nSPS) is 12.4. The van der Waals surface area contributed by atoms with Gasteiger partial charge in [0.25, 0.3) is 5.91 Å². The average molecular weight is 254 g/mol. The number of carbonyl (C=O) groups is 1. The minimum absolute atomic E-state index is 0.382.